The van der Waals surface area contributed by atoms with Crippen LogP contribution in [0.25, 0.3) is 0 Å². The number of hydrogen-bond donors (Lipinski definition) is 1. The summed E-state index contributed by atoms with van der Waals surface area (Å²) in [7, 11) is 0. The molecule has 10 heavy (non-hydrogen) atoms. The second kappa shape index (κ2) is 3.74. The van der Waals surface area contributed by atoms with Gasteiger partial charge in [-0.1, -0.05) is 6.58 Å². The minimum Gasteiger partial charge on any atom is -0.396 e. The van der Waals surface area contributed by atoms with Crippen LogP contribution in [-0.4, -0.2) is 24.4 Å². The van der Waals surface area contributed by atoms with E-state index in [4.69, 9.17) is 9.84 Å². The summed E-state index contributed by atoms with van der Waals surface area (Å²) in [5.74, 6) is 0. The lowest BCUT2D eigenvalue weighted by molar-refractivity contribution is 0.0990. The van der Waals surface area contributed by atoms with E-state index in [1.807, 2.05) is 0 Å². The Hall–Kier alpha value is -0.340. The van der Waals surface area contributed by atoms with Crippen molar-refractivity contribution < 1.29 is 9.84 Å². The highest BCUT2D eigenvalue weighted by Gasteiger charge is 2.17. The van der Waals surface area contributed by atoms with Crippen molar-refractivity contribution in [2.24, 2.45) is 0 Å². The summed E-state index contributed by atoms with van der Waals surface area (Å²) < 4.78 is 5.36. The monoisotopic (exact) mass is 142 g/mol. The smallest absolute Gasteiger partial charge is 0.0679 e. The van der Waals surface area contributed by atoms with Gasteiger partial charge in [0, 0.05) is 6.61 Å². The maximum Gasteiger partial charge on any atom is 0.0679 e. The zero-order valence-corrected chi connectivity index (χ0v) is 6.18. The normalized spacial score (nSPS) is 25.7. The molecule has 1 N–H and O–H groups in total. The van der Waals surface area contributed by atoms with Crippen LogP contribution in [0.3, 0.4) is 0 Å². The van der Waals surface area contributed by atoms with Gasteiger partial charge in [0.25, 0.3) is 0 Å². The fraction of sp³-hybridized carbons (Fsp3) is 0.750. The number of rotatable bonds is 3. The van der Waals surface area contributed by atoms with Crippen molar-refractivity contribution >= 4 is 0 Å². The van der Waals surface area contributed by atoms with Gasteiger partial charge in [-0.3, -0.25) is 0 Å². The lowest BCUT2D eigenvalue weighted by atomic mass is 10.1. The summed E-state index contributed by atoms with van der Waals surface area (Å²) in [6.45, 7) is 4.81. The van der Waals surface area contributed by atoms with Crippen LogP contribution >= 0.6 is 0 Å². The van der Waals surface area contributed by atoms with Crippen LogP contribution in [0.5, 0.6) is 0 Å². The Kier molecular flexibility index (Phi) is 2.90. The van der Waals surface area contributed by atoms with E-state index >= 15 is 0 Å². The Morgan fingerprint density at radius 2 is 2.50 bits per heavy atom. The van der Waals surface area contributed by atoms with E-state index in [2.05, 4.69) is 6.58 Å². The van der Waals surface area contributed by atoms with Crippen molar-refractivity contribution in [3.05, 3.63) is 12.2 Å². The fourth-order valence-corrected chi connectivity index (χ4v) is 1.18. The average molecular weight is 142 g/mol. The Bertz CT molecular complexity index is 120. The van der Waals surface area contributed by atoms with E-state index in [0.29, 0.717) is 6.10 Å². The van der Waals surface area contributed by atoms with E-state index in [-0.39, 0.29) is 6.61 Å². The van der Waals surface area contributed by atoms with E-state index < -0.39 is 0 Å². The second-order valence-electron chi connectivity index (χ2n) is 2.75. The SMILES string of the molecule is C=C1COC(CCCO)C1. The van der Waals surface area contributed by atoms with Crippen LogP contribution in [0.2, 0.25) is 0 Å². The molecular formula is C8H14O2. The highest BCUT2D eigenvalue weighted by Crippen LogP contribution is 2.20. The molecule has 0 aromatic heterocycles. The first-order valence-electron chi connectivity index (χ1n) is 3.72. The van der Waals surface area contributed by atoms with Crippen molar-refractivity contribution in [1.82, 2.24) is 0 Å². The number of aliphatic hydroxyl groups excluding tert-OH is 1. The Balaban J connectivity index is 2.12. The van der Waals surface area contributed by atoms with Gasteiger partial charge in [-0.15, -0.1) is 0 Å². The minimum absolute atomic E-state index is 0.270. The predicted molar refractivity (Wildman–Crippen MR) is 39.8 cm³/mol. The molecule has 1 heterocycles. The maximum absolute atomic E-state index is 8.51. The Labute approximate surface area is 61.5 Å². The lowest BCUT2D eigenvalue weighted by Gasteiger charge is -2.05. The van der Waals surface area contributed by atoms with E-state index in [0.717, 1.165) is 25.9 Å². The third-order valence-electron chi connectivity index (χ3n) is 1.72. The summed E-state index contributed by atoms with van der Waals surface area (Å²) in [6.07, 6.45) is 3.13. The van der Waals surface area contributed by atoms with E-state index in [1.54, 1.807) is 0 Å². The minimum atomic E-state index is 0.270. The summed E-state index contributed by atoms with van der Waals surface area (Å²) >= 11 is 0. The van der Waals surface area contributed by atoms with Crippen molar-refractivity contribution in [2.75, 3.05) is 13.2 Å². The summed E-state index contributed by atoms with van der Waals surface area (Å²) in [5.41, 5.74) is 1.18. The van der Waals surface area contributed by atoms with Gasteiger partial charge in [0.05, 0.1) is 12.7 Å². The first kappa shape index (κ1) is 7.76. The first-order valence-corrected chi connectivity index (χ1v) is 3.72. The van der Waals surface area contributed by atoms with Gasteiger partial charge in [-0.05, 0) is 24.8 Å². The van der Waals surface area contributed by atoms with Gasteiger partial charge in [0.15, 0.2) is 0 Å². The zero-order chi connectivity index (χ0) is 7.40. The van der Waals surface area contributed by atoms with Crippen molar-refractivity contribution in [3.63, 3.8) is 0 Å². The average Bonchev–Trinajstić information content (AvgIpc) is 2.31. The molecule has 0 aliphatic carbocycles. The van der Waals surface area contributed by atoms with Crippen LogP contribution < -0.4 is 0 Å². The number of ether oxygens (including phenoxy) is 1. The maximum atomic E-state index is 8.51. The molecule has 0 amide bonds. The van der Waals surface area contributed by atoms with Gasteiger partial charge in [-0.2, -0.15) is 0 Å². The Morgan fingerprint density at radius 3 is 3.00 bits per heavy atom. The number of hydrogen-bond acceptors (Lipinski definition) is 2. The standard InChI is InChI=1S/C8H14O2/c1-7-5-8(10-6-7)3-2-4-9/h8-9H,1-6H2. The molecule has 1 atom stereocenters. The Morgan fingerprint density at radius 1 is 1.70 bits per heavy atom. The molecule has 1 aliphatic heterocycles. The van der Waals surface area contributed by atoms with Crippen LogP contribution in [0.4, 0.5) is 0 Å². The third-order valence-corrected chi connectivity index (χ3v) is 1.72. The predicted octanol–water partition coefficient (Wildman–Crippen LogP) is 1.10. The van der Waals surface area contributed by atoms with E-state index in [1.165, 1.54) is 5.57 Å². The van der Waals surface area contributed by atoms with Crippen molar-refractivity contribution in [2.45, 2.75) is 25.4 Å². The van der Waals surface area contributed by atoms with Crippen LogP contribution in [0, 0.1) is 0 Å². The number of aliphatic hydroxyl groups is 1. The largest absolute Gasteiger partial charge is 0.396 e. The molecular weight excluding hydrogens is 128 g/mol. The molecule has 1 rings (SSSR count). The summed E-state index contributed by atoms with van der Waals surface area (Å²) in [5, 5.41) is 8.51. The molecule has 0 aromatic rings. The summed E-state index contributed by atoms with van der Waals surface area (Å²) in [6, 6.07) is 0. The zero-order valence-electron chi connectivity index (χ0n) is 6.18. The third kappa shape index (κ3) is 2.12. The molecule has 2 nitrogen and oxygen atoms in total. The molecule has 1 fully saturated rings. The van der Waals surface area contributed by atoms with Crippen LogP contribution in [-0.2, 0) is 4.74 Å². The van der Waals surface area contributed by atoms with E-state index in [9.17, 15) is 0 Å². The summed E-state index contributed by atoms with van der Waals surface area (Å²) in [4.78, 5) is 0. The molecule has 1 aliphatic rings. The van der Waals surface area contributed by atoms with Gasteiger partial charge >= 0.3 is 0 Å². The topological polar surface area (TPSA) is 29.5 Å². The van der Waals surface area contributed by atoms with Gasteiger partial charge < -0.3 is 9.84 Å². The molecule has 1 unspecified atom stereocenters. The van der Waals surface area contributed by atoms with Crippen LogP contribution in [0.15, 0.2) is 12.2 Å². The van der Waals surface area contributed by atoms with Crippen molar-refractivity contribution in [3.8, 4) is 0 Å². The first-order chi connectivity index (χ1) is 4.83. The molecule has 0 aromatic carbocycles. The lowest BCUT2D eigenvalue weighted by Crippen LogP contribution is -2.04. The fourth-order valence-electron chi connectivity index (χ4n) is 1.18. The van der Waals surface area contributed by atoms with Crippen LogP contribution in [0.1, 0.15) is 19.3 Å². The molecule has 0 spiro atoms. The molecule has 2 heteroatoms. The molecule has 1 saturated heterocycles. The van der Waals surface area contributed by atoms with Crippen molar-refractivity contribution in [1.29, 1.82) is 0 Å². The molecule has 0 saturated carbocycles. The van der Waals surface area contributed by atoms with Gasteiger partial charge in [0.1, 0.15) is 0 Å². The second-order valence-corrected chi connectivity index (χ2v) is 2.75. The molecule has 0 radical (unpaired) electrons. The molecule has 0 bridgehead atoms. The highest BCUT2D eigenvalue weighted by atomic mass is 16.5. The quantitative estimate of drug-likeness (QED) is 0.598. The highest BCUT2D eigenvalue weighted by molar-refractivity contribution is 5.01. The molecule has 58 valence electrons. The van der Waals surface area contributed by atoms with Gasteiger partial charge in [-0.25, -0.2) is 0 Å². The van der Waals surface area contributed by atoms with Gasteiger partial charge in [0.2, 0.25) is 0 Å².